The van der Waals surface area contributed by atoms with Crippen LogP contribution in [-0.2, 0) is 9.84 Å². The summed E-state index contributed by atoms with van der Waals surface area (Å²) in [5.41, 5.74) is 6.71. The van der Waals surface area contributed by atoms with E-state index in [0.717, 1.165) is 0 Å². The van der Waals surface area contributed by atoms with Gasteiger partial charge in [-0.25, -0.2) is 8.42 Å². The molecule has 0 radical (unpaired) electrons. The van der Waals surface area contributed by atoms with Crippen molar-refractivity contribution in [3.05, 3.63) is 11.3 Å². The Hall–Kier alpha value is -1.04. The average Bonchev–Trinajstić information content (AvgIpc) is 2.43. The van der Waals surface area contributed by atoms with E-state index in [0.29, 0.717) is 11.3 Å². The minimum Gasteiger partial charge on any atom is -0.367 e. The third-order valence-electron chi connectivity index (χ3n) is 2.39. The Bertz CT molecular complexity index is 448. The van der Waals surface area contributed by atoms with E-state index < -0.39 is 15.1 Å². The zero-order valence-electron chi connectivity index (χ0n) is 9.31. The summed E-state index contributed by atoms with van der Waals surface area (Å²) >= 11 is 0. The molecule has 0 aliphatic rings. The van der Waals surface area contributed by atoms with Crippen LogP contribution in [-0.4, -0.2) is 19.8 Å². The molecule has 0 bridgehead atoms. The maximum absolute atomic E-state index is 11.4. The largest absolute Gasteiger partial charge is 0.367 e. The van der Waals surface area contributed by atoms with Crippen molar-refractivity contribution < 1.29 is 12.9 Å². The molecule has 0 saturated heterocycles. The number of rotatable bonds is 3. The van der Waals surface area contributed by atoms with Crippen molar-refractivity contribution >= 4 is 15.7 Å². The maximum atomic E-state index is 11.4. The predicted molar refractivity (Wildman–Crippen MR) is 58.3 cm³/mol. The standard InChI is InChI=1S/C9H16N2O3S/c1-5(2)7-8(11-14-9(7)10)6(3)15(4,12)13/h5-6H,10H2,1-4H3. The number of nitrogen functional groups attached to an aromatic ring is 1. The topological polar surface area (TPSA) is 86.2 Å². The zero-order chi connectivity index (χ0) is 11.8. The summed E-state index contributed by atoms with van der Waals surface area (Å²) in [4.78, 5) is 0. The lowest BCUT2D eigenvalue weighted by Gasteiger charge is -2.10. The van der Waals surface area contributed by atoms with Crippen molar-refractivity contribution in [3.63, 3.8) is 0 Å². The summed E-state index contributed by atoms with van der Waals surface area (Å²) in [7, 11) is -3.18. The SMILES string of the molecule is CC(C)c1c(C(C)S(C)(=O)=O)noc1N. The molecule has 1 aromatic heterocycles. The van der Waals surface area contributed by atoms with Gasteiger partial charge in [-0.2, -0.15) is 0 Å². The van der Waals surface area contributed by atoms with Crippen LogP contribution < -0.4 is 5.73 Å². The molecule has 0 aromatic carbocycles. The number of aromatic nitrogens is 1. The number of hydrogen-bond acceptors (Lipinski definition) is 5. The van der Waals surface area contributed by atoms with Crippen LogP contribution in [0.2, 0.25) is 0 Å². The van der Waals surface area contributed by atoms with Gasteiger partial charge in [0, 0.05) is 11.8 Å². The van der Waals surface area contributed by atoms with Gasteiger partial charge in [-0.3, -0.25) is 0 Å². The molecular formula is C9H16N2O3S. The van der Waals surface area contributed by atoms with E-state index in [1.807, 2.05) is 13.8 Å². The smallest absolute Gasteiger partial charge is 0.225 e. The van der Waals surface area contributed by atoms with Gasteiger partial charge in [0.25, 0.3) is 0 Å². The van der Waals surface area contributed by atoms with Gasteiger partial charge in [0.05, 0.1) is 0 Å². The molecule has 15 heavy (non-hydrogen) atoms. The fourth-order valence-corrected chi connectivity index (χ4v) is 1.97. The first-order valence-corrected chi connectivity index (χ1v) is 6.64. The highest BCUT2D eigenvalue weighted by Crippen LogP contribution is 2.32. The zero-order valence-corrected chi connectivity index (χ0v) is 10.1. The Labute approximate surface area is 89.6 Å². The molecule has 1 unspecified atom stereocenters. The van der Waals surface area contributed by atoms with E-state index in [2.05, 4.69) is 5.16 Å². The highest BCUT2D eigenvalue weighted by molar-refractivity contribution is 7.90. The van der Waals surface area contributed by atoms with Crippen molar-refractivity contribution in [2.45, 2.75) is 31.9 Å². The molecule has 1 aromatic rings. The highest BCUT2D eigenvalue weighted by atomic mass is 32.2. The molecule has 1 rings (SSSR count). The monoisotopic (exact) mass is 232 g/mol. The fourth-order valence-electron chi connectivity index (χ4n) is 1.40. The van der Waals surface area contributed by atoms with Crippen LogP contribution in [0.4, 0.5) is 5.88 Å². The molecule has 0 fully saturated rings. The molecular weight excluding hydrogens is 216 g/mol. The molecule has 0 amide bonds. The van der Waals surface area contributed by atoms with Crippen LogP contribution in [0.15, 0.2) is 4.52 Å². The Kier molecular flexibility index (Phi) is 3.08. The van der Waals surface area contributed by atoms with E-state index in [-0.39, 0.29) is 11.8 Å². The third-order valence-corrected chi connectivity index (χ3v) is 3.90. The van der Waals surface area contributed by atoms with Crippen LogP contribution in [0.3, 0.4) is 0 Å². The van der Waals surface area contributed by atoms with E-state index in [9.17, 15) is 8.42 Å². The second-order valence-corrected chi connectivity index (χ2v) is 6.34. The van der Waals surface area contributed by atoms with Gasteiger partial charge < -0.3 is 10.3 Å². The fraction of sp³-hybridized carbons (Fsp3) is 0.667. The Morgan fingerprint density at radius 1 is 1.33 bits per heavy atom. The number of sulfone groups is 1. The molecule has 1 atom stereocenters. The van der Waals surface area contributed by atoms with Gasteiger partial charge in [-0.15, -0.1) is 0 Å². The number of nitrogens with zero attached hydrogens (tertiary/aromatic N) is 1. The summed E-state index contributed by atoms with van der Waals surface area (Å²) in [5, 5.41) is 3.04. The Balaban J connectivity index is 3.27. The summed E-state index contributed by atoms with van der Waals surface area (Å²) in [6.07, 6.45) is 1.17. The van der Waals surface area contributed by atoms with Crippen molar-refractivity contribution in [2.24, 2.45) is 0 Å². The van der Waals surface area contributed by atoms with Gasteiger partial charge in [0.1, 0.15) is 10.9 Å². The Morgan fingerprint density at radius 3 is 2.27 bits per heavy atom. The van der Waals surface area contributed by atoms with Crippen molar-refractivity contribution in [2.75, 3.05) is 12.0 Å². The molecule has 0 spiro atoms. The molecule has 0 saturated carbocycles. The molecule has 0 aliphatic heterocycles. The lowest BCUT2D eigenvalue weighted by molar-refractivity contribution is 0.426. The molecule has 6 heteroatoms. The number of hydrogen-bond donors (Lipinski definition) is 1. The third kappa shape index (κ3) is 2.31. The van der Waals surface area contributed by atoms with Gasteiger partial charge in [0.2, 0.25) is 5.88 Å². The van der Waals surface area contributed by atoms with Gasteiger partial charge in [0.15, 0.2) is 9.84 Å². The summed E-state index contributed by atoms with van der Waals surface area (Å²) in [6.45, 7) is 5.42. The summed E-state index contributed by atoms with van der Waals surface area (Å²) in [5.74, 6) is 0.297. The molecule has 2 N–H and O–H groups in total. The first-order chi connectivity index (χ1) is 6.75. The number of nitrogens with two attached hydrogens (primary N) is 1. The van der Waals surface area contributed by atoms with Crippen LogP contribution in [0.5, 0.6) is 0 Å². The molecule has 86 valence electrons. The van der Waals surface area contributed by atoms with E-state index in [1.165, 1.54) is 6.26 Å². The van der Waals surface area contributed by atoms with Crippen molar-refractivity contribution in [1.82, 2.24) is 5.16 Å². The molecule has 5 nitrogen and oxygen atoms in total. The van der Waals surface area contributed by atoms with Crippen LogP contribution in [0.1, 0.15) is 43.2 Å². The van der Waals surface area contributed by atoms with Crippen LogP contribution in [0.25, 0.3) is 0 Å². The lowest BCUT2D eigenvalue weighted by atomic mass is 10.0. The molecule has 0 aliphatic carbocycles. The minimum absolute atomic E-state index is 0.0930. The average molecular weight is 232 g/mol. The lowest BCUT2D eigenvalue weighted by Crippen LogP contribution is -2.11. The summed E-state index contributed by atoms with van der Waals surface area (Å²) in [6, 6.07) is 0. The first-order valence-electron chi connectivity index (χ1n) is 4.69. The Morgan fingerprint density at radius 2 is 1.87 bits per heavy atom. The van der Waals surface area contributed by atoms with E-state index in [1.54, 1.807) is 6.92 Å². The van der Waals surface area contributed by atoms with Crippen molar-refractivity contribution in [1.29, 1.82) is 0 Å². The van der Waals surface area contributed by atoms with E-state index >= 15 is 0 Å². The van der Waals surface area contributed by atoms with Gasteiger partial charge in [-0.1, -0.05) is 19.0 Å². The van der Waals surface area contributed by atoms with Gasteiger partial charge in [-0.05, 0) is 12.8 Å². The predicted octanol–water partition coefficient (Wildman–Crippen LogP) is 1.49. The second kappa shape index (κ2) is 3.84. The minimum atomic E-state index is -3.18. The second-order valence-electron chi connectivity index (χ2n) is 3.97. The van der Waals surface area contributed by atoms with E-state index in [4.69, 9.17) is 10.3 Å². The van der Waals surface area contributed by atoms with Gasteiger partial charge >= 0.3 is 0 Å². The maximum Gasteiger partial charge on any atom is 0.225 e. The van der Waals surface area contributed by atoms with Crippen molar-refractivity contribution in [3.8, 4) is 0 Å². The normalized spacial score (nSPS) is 14.5. The highest BCUT2D eigenvalue weighted by Gasteiger charge is 2.27. The van der Waals surface area contributed by atoms with Crippen LogP contribution in [0, 0.1) is 0 Å². The number of anilines is 1. The van der Waals surface area contributed by atoms with Crippen LogP contribution >= 0.6 is 0 Å². The molecule has 1 heterocycles. The first kappa shape index (κ1) is 12.0. The summed E-state index contributed by atoms with van der Waals surface area (Å²) < 4.78 is 27.6. The quantitative estimate of drug-likeness (QED) is 0.853.